The first kappa shape index (κ1) is 13.3. The van der Waals surface area contributed by atoms with Gasteiger partial charge >= 0.3 is 0 Å². The maximum atomic E-state index is 10.3. The number of unbranched alkanes of at least 4 members (excludes halogenated alkanes) is 2. The summed E-state index contributed by atoms with van der Waals surface area (Å²) in [5.41, 5.74) is -0.105. The summed E-state index contributed by atoms with van der Waals surface area (Å²) in [6.45, 7) is 3.93. The molecule has 16 heavy (non-hydrogen) atoms. The zero-order valence-electron chi connectivity index (χ0n) is 9.91. The van der Waals surface area contributed by atoms with Crippen molar-refractivity contribution in [2.24, 2.45) is 0 Å². The molecule has 0 bridgehead atoms. The van der Waals surface area contributed by atoms with Gasteiger partial charge in [0.05, 0.1) is 0 Å². The van der Waals surface area contributed by atoms with Gasteiger partial charge in [0.1, 0.15) is 5.60 Å². The van der Waals surface area contributed by atoms with Gasteiger partial charge in [-0.05, 0) is 31.0 Å². The molecule has 0 fully saturated rings. The first-order chi connectivity index (χ1) is 7.56. The highest BCUT2D eigenvalue weighted by Crippen LogP contribution is 2.24. The standard InChI is InChI=1S/C14H19ClO/c1-3-4-5-6-10-14(2,16)12-8-7-9-13(15)11-12/h6-11,16H,3-5H2,1-2H3/b10-6+. The second kappa shape index (κ2) is 6.07. The molecule has 0 heterocycles. The highest BCUT2D eigenvalue weighted by molar-refractivity contribution is 6.30. The summed E-state index contributed by atoms with van der Waals surface area (Å²) >= 11 is 5.90. The van der Waals surface area contributed by atoms with E-state index in [2.05, 4.69) is 6.92 Å². The van der Waals surface area contributed by atoms with Crippen molar-refractivity contribution in [2.45, 2.75) is 38.7 Å². The maximum absolute atomic E-state index is 10.3. The predicted molar refractivity (Wildman–Crippen MR) is 69.7 cm³/mol. The third-order valence-electron chi connectivity index (χ3n) is 2.58. The Balaban J connectivity index is 2.73. The van der Waals surface area contributed by atoms with Crippen LogP contribution >= 0.6 is 11.6 Å². The van der Waals surface area contributed by atoms with Gasteiger partial charge in [-0.1, -0.05) is 55.7 Å². The number of aliphatic hydroxyl groups is 1. The Bertz CT molecular complexity index is 356. The average molecular weight is 239 g/mol. The van der Waals surface area contributed by atoms with Crippen molar-refractivity contribution in [1.29, 1.82) is 0 Å². The van der Waals surface area contributed by atoms with E-state index in [0.717, 1.165) is 18.4 Å². The Morgan fingerprint density at radius 3 is 2.81 bits per heavy atom. The summed E-state index contributed by atoms with van der Waals surface area (Å²) in [5.74, 6) is 0. The molecular formula is C14H19ClO. The molecule has 1 atom stereocenters. The summed E-state index contributed by atoms with van der Waals surface area (Å²) in [6.07, 6.45) is 7.21. The van der Waals surface area contributed by atoms with E-state index in [0.29, 0.717) is 5.02 Å². The Morgan fingerprint density at radius 1 is 1.44 bits per heavy atom. The lowest BCUT2D eigenvalue weighted by Crippen LogP contribution is -2.17. The van der Waals surface area contributed by atoms with Crippen LogP contribution in [0.25, 0.3) is 0 Å². The number of allylic oxidation sites excluding steroid dienone is 1. The molecule has 0 aliphatic heterocycles. The van der Waals surface area contributed by atoms with E-state index >= 15 is 0 Å². The number of hydrogen-bond donors (Lipinski definition) is 1. The van der Waals surface area contributed by atoms with Crippen LogP contribution in [0.3, 0.4) is 0 Å². The molecule has 1 aromatic carbocycles. The van der Waals surface area contributed by atoms with Gasteiger partial charge in [-0.2, -0.15) is 0 Å². The highest BCUT2D eigenvalue weighted by Gasteiger charge is 2.18. The molecule has 1 nitrogen and oxygen atoms in total. The molecule has 1 N–H and O–H groups in total. The van der Waals surface area contributed by atoms with Gasteiger partial charge in [0.25, 0.3) is 0 Å². The molecule has 2 heteroatoms. The molecule has 0 aromatic heterocycles. The summed E-state index contributed by atoms with van der Waals surface area (Å²) in [6, 6.07) is 7.34. The number of halogens is 1. The van der Waals surface area contributed by atoms with Crippen molar-refractivity contribution in [3.63, 3.8) is 0 Å². The third-order valence-corrected chi connectivity index (χ3v) is 2.81. The van der Waals surface area contributed by atoms with Crippen molar-refractivity contribution in [2.75, 3.05) is 0 Å². The molecule has 0 amide bonds. The van der Waals surface area contributed by atoms with Crippen LogP contribution in [-0.2, 0) is 5.60 Å². The Hall–Kier alpha value is -0.790. The van der Waals surface area contributed by atoms with Crippen LogP contribution in [0.4, 0.5) is 0 Å². The number of benzene rings is 1. The van der Waals surface area contributed by atoms with Crippen molar-refractivity contribution in [3.05, 3.63) is 47.0 Å². The smallest absolute Gasteiger partial charge is 0.105 e. The molecule has 1 aromatic rings. The molecular weight excluding hydrogens is 220 g/mol. The molecule has 0 aliphatic rings. The van der Waals surface area contributed by atoms with Gasteiger partial charge in [0.15, 0.2) is 0 Å². The van der Waals surface area contributed by atoms with Gasteiger partial charge in [-0.3, -0.25) is 0 Å². The fourth-order valence-corrected chi connectivity index (χ4v) is 1.72. The maximum Gasteiger partial charge on any atom is 0.105 e. The van der Waals surface area contributed by atoms with Gasteiger partial charge < -0.3 is 5.11 Å². The van der Waals surface area contributed by atoms with Gasteiger partial charge in [0.2, 0.25) is 0 Å². The normalized spacial score (nSPS) is 15.2. The molecule has 0 spiro atoms. The van der Waals surface area contributed by atoms with Crippen LogP contribution in [0, 0.1) is 0 Å². The molecule has 1 unspecified atom stereocenters. The minimum atomic E-state index is -0.932. The van der Waals surface area contributed by atoms with Crippen LogP contribution in [-0.4, -0.2) is 5.11 Å². The predicted octanol–water partition coefficient (Wildman–Crippen LogP) is 4.29. The Morgan fingerprint density at radius 2 is 2.19 bits per heavy atom. The van der Waals surface area contributed by atoms with Crippen LogP contribution < -0.4 is 0 Å². The first-order valence-electron chi connectivity index (χ1n) is 5.72. The summed E-state index contributed by atoms with van der Waals surface area (Å²) in [5, 5.41) is 10.9. The Kier molecular flexibility index (Phi) is 5.04. The zero-order chi connectivity index (χ0) is 12.0. The van der Waals surface area contributed by atoms with E-state index in [1.54, 1.807) is 13.0 Å². The average Bonchev–Trinajstić information content (AvgIpc) is 2.24. The van der Waals surface area contributed by atoms with E-state index in [9.17, 15) is 5.11 Å². The zero-order valence-corrected chi connectivity index (χ0v) is 10.7. The number of rotatable bonds is 5. The second-order valence-corrected chi connectivity index (χ2v) is 4.64. The monoisotopic (exact) mass is 238 g/mol. The number of hydrogen-bond acceptors (Lipinski definition) is 1. The van der Waals surface area contributed by atoms with E-state index in [4.69, 9.17) is 11.6 Å². The first-order valence-corrected chi connectivity index (χ1v) is 6.10. The fourth-order valence-electron chi connectivity index (χ4n) is 1.53. The third kappa shape index (κ3) is 3.99. The minimum Gasteiger partial charge on any atom is -0.381 e. The SMILES string of the molecule is CCCC/C=C/C(C)(O)c1cccc(Cl)c1. The molecule has 0 saturated carbocycles. The quantitative estimate of drug-likeness (QED) is 0.599. The summed E-state index contributed by atoms with van der Waals surface area (Å²) < 4.78 is 0. The molecule has 0 radical (unpaired) electrons. The van der Waals surface area contributed by atoms with E-state index in [1.807, 2.05) is 30.4 Å². The second-order valence-electron chi connectivity index (χ2n) is 4.20. The van der Waals surface area contributed by atoms with E-state index in [1.165, 1.54) is 6.42 Å². The largest absolute Gasteiger partial charge is 0.381 e. The molecule has 0 saturated heterocycles. The highest BCUT2D eigenvalue weighted by atomic mass is 35.5. The van der Waals surface area contributed by atoms with Crippen molar-refractivity contribution < 1.29 is 5.11 Å². The fraction of sp³-hybridized carbons (Fsp3) is 0.429. The molecule has 1 rings (SSSR count). The van der Waals surface area contributed by atoms with Crippen molar-refractivity contribution in [1.82, 2.24) is 0 Å². The van der Waals surface area contributed by atoms with E-state index in [-0.39, 0.29) is 0 Å². The van der Waals surface area contributed by atoms with Gasteiger partial charge in [-0.15, -0.1) is 0 Å². The molecule has 0 aliphatic carbocycles. The van der Waals surface area contributed by atoms with Gasteiger partial charge in [0, 0.05) is 5.02 Å². The summed E-state index contributed by atoms with van der Waals surface area (Å²) in [4.78, 5) is 0. The summed E-state index contributed by atoms with van der Waals surface area (Å²) in [7, 11) is 0. The topological polar surface area (TPSA) is 20.2 Å². The van der Waals surface area contributed by atoms with E-state index < -0.39 is 5.60 Å². The van der Waals surface area contributed by atoms with Crippen molar-refractivity contribution >= 4 is 11.6 Å². The molecule has 88 valence electrons. The van der Waals surface area contributed by atoms with Crippen molar-refractivity contribution in [3.8, 4) is 0 Å². The van der Waals surface area contributed by atoms with Crippen LogP contribution in [0.2, 0.25) is 5.02 Å². The Labute approximate surface area is 103 Å². The van der Waals surface area contributed by atoms with Gasteiger partial charge in [-0.25, -0.2) is 0 Å². The lowest BCUT2D eigenvalue weighted by molar-refractivity contribution is 0.111. The van der Waals surface area contributed by atoms with Crippen LogP contribution in [0.5, 0.6) is 0 Å². The lowest BCUT2D eigenvalue weighted by atomic mass is 9.95. The van der Waals surface area contributed by atoms with Crippen LogP contribution in [0.1, 0.15) is 38.7 Å². The van der Waals surface area contributed by atoms with Crippen LogP contribution in [0.15, 0.2) is 36.4 Å². The minimum absolute atomic E-state index is 0.653. The lowest BCUT2D eigenvalue weighted by Gasteiger charge is -2.19.